The standard InChI is InChI=1S/C8H5Cl3OSi/c9-7(12)5-3-1-2-4-6(5)13-8(10)11/h1-4,8H. The lowest BCUT2D eigenvalue weighted by molar-refractivity contribution is 0.108. The van der Waals surface area contributed by atoms with Crippen molar-refractivity contribution >= 4 is 54.8 Å². The van der Waals surface area contributed by atoms with Crippen molar-refractivity contribution < 1.29 is 4.79 Å². The van der Waals surface area contributed by atoms with Crippen LogP contribution >= 0.6 is 34.8 Å². The Morgan fingerprint density at radius 3 is 2.46 bits per heavy atom. The number of rotatable bonds is 3. The Morgan fingerprint density at radius 2 is 1.92 bits per heavy atom. The summed E-state index contributed by atoms with van der Waals surface area (Å²) in [7, 11) is 0.178. The smallest absolute Gasteiger partial charge is 0.252 e. The molecule has 0 fully saturated rings. The molecule has 0 amide bonds. The average Bonchev–Trinajstić information content (AvgIpc) is 2.03. The van der Waals surface area contributed by atoms with Crippen molar-refractivity contribution in [3.05, 3.63) is 29.8 Å². The Hall–Kier alpha value is -0.0231. The minimum absolute atomic E-state index is 0.178. The molecule has 2 radical (unpaired) electrons. The zero-order valence-electron chi connectivity index (χ0n) is 6.43. The normalized spacial score (nSPS) is 10.5. The molecule has 1 rings (SSSR count). The van der Waals surface area contributed by atoms with Crippen LogP contribution in [0.5, 0.6) is 0 Å². The van der Waals surface area contributed by atoms with Gasteiger partial charge in [0.2, 0.25) is 0 Å². The fourth-order valence-electron chi connectivity index (χ4n) is 0.898. The number of hydrogen-bond acceptors (Lipinski definition) is 1. The molecule has 0 spiro atoms. The number of alkyl halides is 2. The average molecular weight is 252 g/mol. The molecule has 0 aliphatic rings. The van der Waals surface area contributed by atoms with Crippen LogP contribution in [0.4, 0.5) is 0 Å². The summed E-state index contributed by atoms with van der Waals surface area (Å²) in [4.78, 5) is 10.9. The maximum absolute atomic E-state index is 10.9. The maximum Gasteiger partial charge on any atom is 0.252 e. The largest absolute Gasteiger partial charge is 0.276 e. The van der Waals surface area contributed by atoms with E-state index in [4.69, 9.17) is 34.8 Å². The summed E-state index contributed by atoms with van der Waals surface area (Å²) < 4.78 is -0.489. The van der Waals surface area contributed by atoms with Gasteiger partial charge in [-0.05, 0) is 16.8 Å². The number of benzene rings is 1. The summed E-state index contributed by atoms with van der Waals surface area (Å²) in [6, 6.07) is 7.03. The molecule has 0 aliphatic heterocycles. The molecule has 5 heteroatoms. The van der Waals surface area contributed by atoms with E-state index >= 15 is 0 Å². The van der Waals surface area contributed by atoms with Gasteiger partial charge in [0.1, 0.15) is 9.52 Å². The van der Waals surface area contributed by atoms with Gasteiger partial charge in [-0.15, -0.1) is 23.2 Å². The van der Waals surface area contributed by atoms with Gasteiger partial charge in [0, 0.05) is 5.56 Å². The number of carbonyl (C=O) groups excluding carboxylic acids is 1. The summed E-state index contributed by atoms with van der Waals surface area (Å²) in [5.74, 6) is 0. The van der Waals surface area contributed by atoms with Crippen LogP contribution in [0.1, 0.15) is 10.4 Å². The molecule has 0 atom stereocenters. The van der Waals surface area contributed by atoms with Gasteiger partial charge in [0.05, 0.1) is 4.46 Å². The second-order valence-corrected chi connectivity index (χ2v) is 5.84. The highest BCUT2D eigenvalue weighted by Gasteiger charge is 2.11. The van der Waals surface area contributed by atoms with Crippen molar-refractivity contribution in [3.63, 3.8) is 0 Å². The van der Waals surface area contributed by atoms with Crippen LogP contribution in [0.25, 0.3) is 0 Å². The summed E-state index contributed by atoms with van der Waals surface area (Å²) in [6.45, 7) is 0. The van der Waals surface area contributed by atoms with E-state index in [2.05, 4.69) is 0 Å². The lowest BCUT2D eigenvalue weighted by atomic mass is 10.2. The SMILES string of the molecule is O=C(Cl)c1ccccc1[Si]C(Cl)Cl. The fraction of sp³-hybridized carbons (Fsp3) is 0.125. The van der Waals surface area contributed by atoms with Gasteiger partial charge < -0.3 is 0 Å². The topological polar surface area (TPSA) is 17.1 Å². The predicted molar refractivity (Wildman–Crippen MR) is 57.5 cm³/mol. The highest BCUT2D eigenvalue weighted by molar-refractivity contribution is 6.78. The molecule has 0 saturated carbocycles. The van der Waals surface area contributed by atoms with E-state index in [1.54, 1.807) is 18.2 Å². The van der Waals surface area contributed by atoms with Gasteiger partial charge in [0.25, 0.3) is 5.24 Å². The highest BCUT2D eigenvalue weighted by atomic mass is 35.5. The van der Waals surface area contributed by atoms with Gasteiger partial charge in [-0.25, -0.2) is 0 Å². The van der Waals surface area contributed by atoms with E-state index < -0.39 is 9.70 Å². The van der Waals surface area contributed by atoms with E-state index in [9.17, 15) is 4.79 Å². The minimum atomic E-state index is -0.489. The molecule has 0 saturated heterocycles. The first kappa shape index (κ1) is 11.1. The second-order valence-electron chi connectivity index (χ2n) is 2.26. The van der Waals surface area contributed by atoms with Crippen molar-refractivity contribution in [1.29, 1.82) is 0 Å². The van der Waals surface area contributed by atoms with Gasteiger partial charge in [-0.3, -0.25) is 4.79 Å². The Labute approximate surface area is 93.8 Å². The molecule has 13 heavy (non-hydrogen) atoms. The van der Waals surface area contributed by atoms with Crippen molar-refractivity contribution in [2.45, 2.75) is 4.46 Å². The number of hydrogen-bond donors (Lipinski definition) is 0. The molecule has 0 aromatic heterocycles. The maximum atomic E-state index is 10.9. The van der Waals surface area contributed by atoms with Gasteiger partial charge in [-0.1, -0.05) is 24.3 Å². The van der Waals surface area contributed by atoms with E-state index in [1.165, 1.54) is 0 Å². The van der Waals surface area contributed by atoms with Gasteiger partial charge in [0.15, 0.2) is 0 Å². The third kappa shape index (κ3) is 3.31. The van der Waals surface area contributed by atoms with Crippen LogP contribution in [-0.4, -0.2) is 19.2 Å². The molecule has 68 valence electrons. The predicted octanol–water partition coefficient (Wildman–Crippen LogP) is 2.16. The Morgan fingerprint density at radius 1 is 1.31 bits per heavy atom. The van der Waals surface area contributed by atoms with Crippen molar-refractivity contribution in [2.75, 3.05) is 0 Å². The third-order valence-electron chi connectivity index (χ3n) is 1.40. The molecule has 0 unspecified atom stereocenters. The molecule has 0 aliphatic carbocycles. The lowest BCUT2D eigenvalue weighted by Gasteiger charge is -2.04. The first-order valence-electron chi connectivity index (χ1n) is 3.45. The van der Waals surface area contributed by atoms with Crippen LogP contribution in [0.15, 0.2) is 24.3 Å². The minimum Gasteiger partial charge on any atom is -0.276 e. The molecule has 0 heterocycles. The van der Waals surface area contributed by atoms with E-state index in [0.29, 0.717) is 5.56 Å². The van der Waals surface area contributed by atoms with E-state index in [1.807, 2.05) is 6.07 Å². The first-order chi connectivity index (χ1) is 6.11. The fourth-order valence-corrected chi connectivity index (χ4v) is 2.63. The summed E-state index contributed by atoms with van der Waals surface area (Å²) in [6.07, 6.45) is 0. The molecule has 1 aromatic rings. The zero-order chi connectivity index (χ0) is 9.84. The van der Waals surface area contributed by atoms with Crippen LogP contribution in [0, 0.1) is 0 Å². The van der Waals surface area contributed by atoms with Crippen molar-refractivity contribution in [2.24, 2.45) is 0 Å². The monoisotopic (exact) mass is 250 g/mol. The summed E-state index contributed by atoms with van der Waals surface area (Å²) >= 11 is 16.6. The quantitative estimate of drug-likeness (QED) is 0.457. The van der Waals surface area contributed by atoms with Crippen LogP contribution < -0.4 is 5.19 Å². The van der Waals surface area contributed by atoms with Crippen LogP contribution in [0.2, 0.25) is 0 Å². The summed E-state index contributed by atoms with van der Waals surface area (Å²) in [5, 5.41) is 0.328. The van der Waals surface area contributed by atoms with E-state index in [-0.39, 0.29) is 9.52 Å². The van der Waals surface area contributed by atoms with E-state index in [0.717, 1.165) is 5.19 Å². The van der Waals surface area contributed by atoms with Crippen molar-refractivity contribution in [1.82, 2.24) is 0 Å². The second kappa shape index (κ2) is 5.01. The molecule has 1 aromatic carbocycles. The molecule has 1 nitrogen and oxygen atoms in total. The van der Waals surface area contributed by atoms with Gasteiger partial charge in [-0.2, -0.15) is 0 Å². The van der Waals surface area contributed by atoms with Crippen LogP contribution in [0.3, 0.4) is 0 Å². The lowest BCUT2D eigenvalue weighted by Crippen LogP contribution is -2.25. The Bertz CT molecular complexity index is 314. The molecule has 0 N–H and O–H groups in total. The molecule has 0 bridgehead atoms. The number of carbonyl (C=O) groups is 1. The zero-order valence-corrected chi connectivity index (χ0v) is 9.70. The van der Waals surface area contributed by atoms with Crippen molar-refractivity contribution in [3.8, 4) is 0 Å². The highest BCUT2D eigenvalue weighted by Crippen LogP contribution is 2.04. The summed E-state index contributed by atoms with van der Waals surface area (Å²) in [5.41, 5.74) is 0.480. The molecular formula is C8H5Cl3OSi. The number of halogens is 3. The first-order valence-corrected chi connectivity index (χ1v) is 5.77. The molecular weight excluding hydrogens is 247 g/mol. The van der Waals surface area contributed by atoms with Gasteiger partial charge >= 0.3 is 0 Å². The third-order valence-corrected chi connectivity index (χ3v) is 3.23. The Balaban J connectivity index is 2.98. The van der Waals surface area contributed by atoms with Crippen LogP contribution in [-0.2, 0) is 0 Å². The Kier molecular flexibility index (Phi) is 4.26.